The maximum Gasteiger partial charge on any atom is 0.153 e. The zero-order chi connectivity index (χ0) is 14.9. The lowest BCUT2D eigenvalue weighted by Crippen LogP contribution is -2.24. The maximum atomic E-state index is 4.48. The zero-order valence-corrected chi connectivity index (χ0v) is 12.5. The Morgan fingerprint density at radius 1 is 0.864 bits per heavy atom. The lowest BCUT2D eigenvalue weighted by atomic mass is 10.0. The highest BCUT2D eigenvalue weighted by molar-refractivity contribution is 5.81. The lowest BCUT2D eigenvalue weighted by Gasteiger charge is -2.20. The topological polar surface area (TPSA) is 19.4 Å². The Labute approximate surface area is 130 Å². The van der Waals surface area contributed by atoms with Crippen LogP contribution in [-0.4, -0.2) is 18.7 Å². The fourth-order valence-corrected chi connectivity index (χ4v) is 2.95. The molecule has 2 heterocycles. The average Bonchev–Trinajstić information content (AvgIpc) is 2.93. The van der Waals surface area contributed by atoms with Gasteiger partial charge in [0.25, 0.3) is 0 Å². The molecular formula is C19H17N3. The van der Waals surface area contributed by atoms with E-state index in [4.69, 9.17) is 0 Å². The molecule has 0 atom stereocenters. The molecule has 3 aromatic rings. The van der Waals surface area contributed by atoms with Crippen molar-refractivity contribution in [3.63, 3.8) is 0 Å². The number of nitrogens with zero attached hydrogens (tertiary/aromatic N) is 3. The van der Waals surface area contributed by atoms with Crippen molar-refractivity contribution in [2.24, 2.45) is 0 Å². The van der Waals surface area contributed by atoms with Crippen LogP contribution in [0.15, 0.2) is 72.9 Å². The van der Waals surface area contributed by atoms with E-state index in [1.807, 2.05) is 18.3 Å². The molecule has 3 heteroatoms. The first-order valence-corrected chi connectivity index (χ1v) is 7.42. The van der Waals surface area contributed by atoms with Gasteiger partial charge in [-0.05, 0) is 35.4 Å². The molecule has 4 rings (SSSR count). The molecule has 1 aliphatic rings. The molecule has 3 nitrogen and oxygen atoms in total. The third-order valence-corrected chi connectivity index (χ3v) is 4.04. The van der Waals surface area contributed by atoms with Crippen LogP contribution in [-0.2, 0) is 0 Å². The summed E-state index contributed by atoms with van der Waals surface area (Å²) < 4.78 is 0. The quantitative estimate of drug-likeness (QED) is 0.700. The van der Waals surface area contributed by atoms with E-state index in [-0.39, 0.29) is 0 Å². The summed E-state index contributed by atoms with van der Waals surface area (Å²) in [4.78, 5) is 8.95. The van der Waals surface area contributed by atoms with Crippen molar-refractivity contribution < 1.29 is 0 Å². The van der Waals surface area contributed by atoms with E-state index in [0.717, 1.165) is 18.2 Å². The van der Waals surface area contributed by atoms with Gasteiger partial charge in [-0.3, -0.25) is 0 Å². The smallest absolute Gasteiger partial charge is 0.153 e. The first kappa shape index (κ1) is 12.9. The molecule has 22 heavy (non-hydrogen) atoms. The number of anilines is 3. The van der Waals surface area contributed by atoms with Crippen LogP contribution in [0.25, 0.3) is 11.1 Å². The first-order valence-electron chi connectivity index (χ1n) is 7.42. The van der Waals surface area contributed by atoms with Crippen molar-refractivity contribution in [1.82, 2.24) is 4.98 Å². The number of pyridine rings is 1. The number of fused-ring (bicyclic) bond motifs is 1. The van der Waals surface area contributed by atoms with E-state index in [2.05, 4.69) is 76.4 Å². The summed E-state index contributed by atoms with van der Waals surface area (Å²) in [6.45, 7) is 0.824. The summed E-state index contributed by atoms with van der Waals surface area (Å²) in [5.74, 6) is 1.03. The minimum atomic E-state index is 0.824. The number of hydrogen-bond donors (Lipinski definition) is 0. The molecule has 1 aromatic heterocycles. The van der Waals surface area contributed by atoms with Gasteiger partial charge in [0.05, 0.1) is 12.4 Å². The van der Waals surface area contributed by atoms with Gasteiger partial charge in [0.15, 0.2) is 5.82 Å². The standard InChI is InChI=1S/C19H17N3/c1-21-14-22(18-11-6-12-20-19(18)21)17-10-5-9-16(13-17)15-7-3-2-4-8-15/h2-13H,14H2,1H3. The van der Waals surface area contributed by atoms with Crippen LogP contribution in [0.2, 0.25) is 0 Å². The summed E-state index contributed by atoms with van der Waals surface area (Å²) in [5.41, 5.74) is 4.83. The Bertz CT molecular complexity index is 799. The summed E-state index contributed by atoms with van der Waals surface area (Å²) in [6, 6.07) is 23.3. The van der Waals surface area contributed by atoms with Gasteiger partial charge in [-0.25, -0.2) is 4.98 Å². The van der Waals surface area contributed by atoms with Gasteiger partial charge in [-0.2, -0.15) is 0 Å². The molecule has 108 valence electrons. The van der Waals surface area contributed by atoms with Crippen molar-refractivity contribution in [2.45, 2.75) is 0 Å². The van der Waals surface area contributed by atoms with Crippen LogP contribution in [0, 0.1) is 0 Å². The maximum absolute atomic E-state index is 4.48. The van der Waals surface area contributed by atoms with Crippen LogP contribution in [0.4, 0.5) is 17.2 Å². The number of hydrogen-bond acceptors (Lipinski definition) is 3. The van der Waals surface area contributed by atoms with E-state index >= 15 is 0 Å². The van der Waals surface area contributed by atoms with Crippen LogP contribution in [0.3, 0.4) is 0 Å². The van der Waals surface area contributed by atoms with Crippen molar-refractivity contribution >= 4 is 17.2 Å². The summed E-state index contributed by atoms with van der Waals surface area (Å²) >= 11 is 0. The third kappa shape index (κ3) is 2.11. The fraction of sp³-hybridized carbons (Fsp3) is 0.105. The molecule has 0 saturated heterocycles. The van der Waals surface area contributed by atoms with Crippen LogP contribution >= 0.6 is 0 Å². The van der Waals surface area contributed by atoms with Gasteiger partial charge >= 0.3 is 0 Å². The molecule has 0 spiro atoms. The van der Waals surface area contributed by atoms with Crippen molar-refractivity contribution in [3.05, 3.63) is 72.9 Å². The summed E-state index contributed by atoms with van der Waals surface area (Å²) in [5, 5.41) is 0. The van der Waals surface area contributed by atoms with E-state index < -0.39 is 0 Å². The minimum absolute atomic E-state index is 0.824. The van der Waals surface area contributed by atoms with Gasteiger partial charge < -0.3 is 9.80 Å². The molecule has 0 amide bonds. The number of rotatable bonds is 2. The third-order valence-electron chi connectivity index (χ3n) is 4.04. The van der Waals surface area contributed by atoms with E-state index in [0.29, 0.717) is 0 Å². The molecule has 0 fully saturated rings. The highest BCUT2D eigenvalue weighted by atomic mass is 15.4. The molecule has 0 N–H and O–H groups in total. The summed E-state index contributed by atoms with van der Waals surface area (Å²) in [7, 11) is 2.08. The van der Waals surface area contributed by atoms with Crippen LogP contribution in [0.5, 0.6) is 0 Å². The van der Waals surface area contributed by atoms with Crippen LogP contribution < -0.4 is 9.80 Å². The second-order valence-electron chi connectivity index (χ2n) is 5.53. The number of benzene rings is 2. The normalized spacial score (nSPS) is 13.3. The van der Waals surface area contributed by atoms with Gasteiger partial charge in [-0.1, -0.05) is 42.5 Å². The van der Waals surface area contributed by atoms with Gasteiger partial charge in [0.2, 0.25) is 0 Å². The zero-order valence-electron chi connectivity index (χ0n) is 12.5. The Kier molecular flexibility index (Phi) is 3.04. The Morgan fingerprint density at radius 2 is 1.68 bits per heavy atom. The van der Waals surface area contributed by atoms with Gasteiger partial charge in [-0.15, -0.1) is 0 Å². The van der Waals surface area contributed by atoms with E-state index in [1.165, 1.54) is 16.8 Å². The molecule has 0 aliphatic carbocycles. The predicted octanol–water partition coefficient (Wildman–Crippen LogP) is 4.29. The predicted molar refractivity (Wildman–Crippen MR) is 91.5 cm³/mol. The van der Waals surface area contributed by atoms with E-state index in [9.17, 15) is 0 Å². The lowest BCUT2D eigenvalue weighted by molar-refractivity contribution is 0.938. The average molecular weight is 287 g/mol. The molecule has 0 radical (unpaired) electrons. The molecule has 0 unspecified atom stereocenters. The fourth-order valence-electron chi connectivity index (χ4n) is 2.95. The Hall–Kier alpha value is -2.81. The molecule has 0 saturated carbocycles. The molecule has 2 aromatic carbocycles. The minimum Gasteiger partial charge on any atom is -0.340 e. The second-order valence-corrected chi connectivity index (χ2v) is 5.53. The van der Waals surface area contributed by atoms with Crippen molar-refractivity contribution in [2.75, 3.05) is 23.5 Å². The Morgan fingerprint density at radius 3 is 2.55 bits per heavy atom. The van der Waals surface area contributed by atoms with Crippen molar-refractivity contribution in [1.29, 1.82) is 0 Å². The van der Waals surface area contributed by atoms with Crippen molar-refractivity contribution in [3.8, 4) is 11.1 Å². The highest BCUT2D eigenvalue weighted by Crippen LogP contribution is 2.38. The monoisotopic (exact) mass is 287 g/mol. The SMILES string of the molecule is CN1CN(c2cccc(-c3ccccc3)c2)c2cccnc21. The van der Waals surface area contributed by atoms with Gasteiger partial charge in [0.1, 0.15) is 0 Å². The highest BCUT2D eigenvalue weighted by Gasteiger charge is 2.25. The second kappa shape index (κ2) is 5.19. The van der Waals surface area contributed by atoms with E-state index in [1.54, 1.807) is 0 Å². The Balaban J connectivity index is 1.76. The van der Waals surface area contributed by atoms with Gasteiger partial charge in [0, 0.05) is 18.9 Å². The molecule has 1 aliphatic heterocycles. The van der Waals surface area contributed by atoms with Crippen LogP contribution in [0.1, 0.15) is 0 Å². The molecule has 0 bridgehead atoms. The first-order chi connectivity index (χ1) is 10.8. The number of aromatic nitrogens is 1. The summed E-state index contributed by atoms with van der Waals surface area (Å²) in [6.07, 6.45) is 1.85. The molecular weight excluding hydrogens is 270 g/mol. The largest absolute Gasteiger partial charge is 0.340 e.